The molecule has 1 atom stereocenters. The van der Waals surface area contributed by atoms with Gasteiger partial charge < -0.3 is 24.1 Å². The zero-order valence-corrected chi connectivity index (χ0v) is 21.5. The van der Waals surface area contributed by atoms with Crippen LogP contribution in [-0.4, -0.2) is 42.8 Å². The first-order chi connectivity index (χ1) is 16.9. The van der Waals surface area contributed by atoms with E-state index in [1.165, 1.54) is 13.0 Å². The first-order valence-corrected chi connectivity index (χ1v) is 12.4. The Hall–Kier alpha value is -3.22. The highest BCUT2D eigenvalue weighted by Crippen LogP contribution is 2.32. The van der Waals surface area contributed by atoms with Gasteiger partial charge in [-0.2, -0.15) is 0 Å². The minimum atomic E-state index is -0.659. The Morgan fingerprint density at radius 3 is 2.26 bits per heavy atom. The van der Waals surface area contributed by atoms with E-state index in [9.17, 15) is 14.7 Å². The molecule has 0 aliphatic carbocycles. The number of ether oxygens (including phenoxy) is 4. The molecule has 1 unspecified atom stereocenters. The third-order valence-corrected chi connectivity index (χ3v) is 5.52. The third kappa shape index (κ3) is 7.91. The molecule has 7 heteroatoms. The van der Waals surface area contributed by atoms with Crippen LogP contribution < -0.4 is 14.2 Å². The van der Waals surface area contributed by atoms with Crippen molar-refractivity contribution in [2.24, 2.45) is 0 Å². The van der Waals surface area contributed by atoms with Gasteiger partial charge in [0.25, 0.3) is 0 Å². The minimum Gasteiger partial charge on any atom is -0.507 e. The Morgan fingerprint density at radius 2 is 1.66 bits per heavy atom. The first-order valence-electron chi connectivity index (χ1n) is 12.4. The largest absolute Gasteiger partial charge is 0.507 e. The second-order valence-electron chi connectivity index (χ2n) is 8.19. The van der Waals surface area contributed by atoms with E-state index in [4.69, 9.17) is 18.9 Å². The number of rotatable bonds is 15. The second-order valence-corrected chi connectivity index (χ2v) is 8.19. The van der Waals surface area contributed by atoms with Crippen molar-refractivity contribution in [3.8, 4) is 23.0 Å². The summed E-state index contributed by atoms with van der Waals surface area (Å²) in [6.45, 7) is 10.3. The highest BCUT2D eigenvalue weighted by molar-refractivity contribution is 5.97. The number of phenolic OH excluding ortho intramolecular Hbond substituents is 1. The van der Waals surface area contributed by atoms with Crippen LogP contribution in [0, 0.1) is 0 Å². The van der Waals surface area contributed by atoms with Gasteiger partial charge in [0.2, 0.25) is 0 Å². The van der Waals surface area contributed by atoms with E-state index in [1.54, 1.807) is 13.0 Å². The summed E-state index contributed by atoms with van der Waals surface area (Å²) in [6.07, 6.45) is 2.81. The minimum absolute atomic E-state index is 0.0739. The molecule has 35 heavy (non-hydrogen) atoms. The average Bonchev–Trinajstić information content (AvgIpc) is 2.83. The number of hydrogen-bond donors (Lipinski definition) is 1. The van der Waals surface area contributed by atoms with Crippen molar-refractivity contribution in [2.45, 2.75) is 72.8 Å². The monoisotopic (exact) mass is 486 g/mol. The van der Waals surface area contributed by atoms with Crippen LogP contribution in [0.25, 0.3) is 0 Å². The summed E-state index contributed by atoms with van der Waals surface area (Å²) in [4.78, 5) is 23.9. The van der Waals surface area contributed by atoms with Gasteiger partial charge in [-0.25, -0.2) is 4.79 Å². The zero-order chi connectivity index (χ0) is 25.8. The number of hydrogen-bond acceptors (Lipinski definition) is 7. The van der Waals surface area contributed by atoms with Crippen LogP contribution in [0.15, 0.2) is 30.3 Å². The molecule has 0 aromatic heterocycles. The van der Waals surface area contributed by atoms with Crippen LogP contribution in [0.3, 0.4) is 0 Å². The van der Waals surface area contributed by atoms with Crippen molar-refractivity contribution in [3.05, 3.63) is 47.0 Å². The SMILES string of the molecule is CCCc1c(OCCCOc2cc(O)c(C(C)=O)cc2CC)cccc1OC(CC)C(=O)OCC. The molecule has 0 spiro atoms. The van der Waals surface area contributed by atoms with E-state index < -0.39 is 6.10 Å². The summed E-state index contributed by atoms with van der Waals surface area (Å²) in [6, 6.07) is 8.80. The number of ketones is 1. The Bertz CT molecular complexity index is 984. The lowest BCUT2D eigenvalue weighted by molar-refractivity contribution is -0.151. The lowest BCUT2D eigenvalue weighted by Crippen LogP contribution is -2.29. The number of benzene rings is 2. The molecule has 0 aliphatic rings. The van der Waals surface area contributed by atoms with Gasteiger partial charge in [0.05, 0.1) is 25.4 Å². The highest BCUT2D eigenvalue weighted by atomic mass is 16.6. The van der Waals surface area contributed by atoms with Crippen LogP contribution >= 0.6 is 0 Å². The number of carbonyl (C=O) groups is 2. The molecular weight excluding hydrogens is 448 g/mol. The normalized spacial score (nSPS) is 11.6. The summed E-state index contributed by atoms with van der Waals surface area (Å²) in [7, 11) is 0. The quantitative estimate of drug-likeness (QED) is 0.197. The molecule has 2 rings (SSSR count). The van der Waals surface area contributed by atoms with Gasteiger partial charge in [-0.15, -0.1) is 0 Å². The van der Waals surface area contributed by atoms with Crippen LogP contribution in [0.4, 0.5) is 0 Å². The molecule has 0 bridgehead atoms. The summed E-state index contributed by atoms with van der Waals surface area (Å²) >= 11 is 0. The maximum Gasteiger partial charge on any atom is 0.347 e. The van der Waals surface area contributed by atoms with E-state index in [2.05, 4.69) is 6.92 Å². The van der Waals surface area contributed by atoms with E-state index in [0.29, 0.717) is 56.1 Å². The molecule has 0 aliphatic heterocycles. The number of phenols is 1. The number of aryl methyl sites for hydroxylation is 1. The van der Waals surface area contributed by atoms with Crippen molar-refractivity contribution in [3.63, 3.8) is 0 Å². The molecule has 0 fully saturated rings. The van der Waals surface area contributed by atoms with E-state index in [-0.39, 0.29) is 17.5 Å². The van der Waals surface area contributed by atoms with E-state index in [0.717, 1.165) is 29.7 Å². The van der Waals surface area contributed by atoms with Crippen molar-refractivity contribution in [2.75, 3.05) is 19.8 Å². The summed E-state index contributed by atoms with van der Waals surface area (Å²) in [5.74, 6) is 1.31. The molecule has 0 amide bonds. The van der Waals surface area contributed by atoms with Gasteiger partial charge in [-0.1, -0.05) is 33.3 Å². The Balaban J connectivity index is 2.02. The van der Waals surface area contributed by atoms with Crippen molar-refractivity contribution >= 4 is 11.8 Å². The van der Waals surface area contributed by atoms with E-state index in [1.807, 2.05) is 32.0 Å². The van der Waals surface area contributed by atoms with Crippen LogP contribution in [0.1, 0.15) is 75.4 Å². The molecule has 2 aromatic carbocycles. The van der Waals surface area contributed by atoms with E-state index >= 15 is 0 Å². The van der Waals surface area contributed by atoms with Gasteiger partial charge in [0.1, 0.15) is 23.0 Å². The molecule has 1 N–H and O–H groups in total. The number of esters is 1. The Labute approximate surface area is 208 Å². The predicted molar refractivity (Wildman–Crippen MR) is 135 cm³/mol. The molecule has 2 aromatic rings. The molecule has 0 radical (unpaired) electrons. The van der Waals surface area contributed by atoms with Gasteiger partial charge >= 0.3 is 5.97 Å². The van der Waals surface area contributed by atoms with Crippen molar-refractivity contribution < 1.29 is 33.6 Å². The Kier molecular flexibility index (Phi) is 11.4. The lowest BCUT2D eigenvalue weighted by Gasteiger charge is -2.20. The van der Waals surface area contributed by atoms with Gasteiger partial charge in [-0.3, -0.25) is 4.79 Å². The fourth-order valence-corrected chi connectivity index (χ4v) is 3.70. The van der Waals surface area contributed by atoms with Crippen LogP contribution in [0.5, 0.6) is 23.0 Å². The fourth-order valence-electron chi connectivity index (χ4n) is 3.70. The van der Waals surface area contributed by atoms with Crippen molar-refractivity contribution in [1.29, 1.82) is 0 Å². The maximum atomic E-state index is 12.2. The number of Topliss-reactive ketones (excluding diaryl/α,β-unsaturated/α-hetero) is 1. The Morgan fingerprint density at radius 1 is 0.971 bits per heavy atom. The van der Waals surface area contributed by atoms with Crippen LogP contribution in [-0.2, 0) is 22.4 Å². The van der Waals surface area contributed by atoms with Gasteiger partial charge in [0.15, 0.2) is 11.9 Å². The standard InChI is InChI=1S/C28H38O7/c1-6-12-21-25(13-10-14-26(21)35-24(8-3)28(31)32-9-4)33-15-11-16-34-27-18-23(30)22(19(5)29)17-20(27)7-2/h10,13-14,17-18,24,30H,6-9,11-12,15-16H2,1-5H3. The smallest absolute Gasteiger partial charge is 0.347 e. The second kappa shape index (κ2) is 14.2. The molecule has 0 saturated carbocycles. The van der Waals surface area contributed by atoms with Gasteiger partial charge in [0, 0.05) is 18.1 Å². The first kappa shape index (κ1) is 28.0. The average molecular weight is 487 g/mol. The number of carbonyl (C=O) groups excluding carboxylic acids is 2. The summed E-state index contributed by atoms with van der Waals surface area (Å²) in [5.41, 5.74) is 2.10. The maximum absolute atomic E-state index is 12.2. The molecule has 192 valence electrons. The summed E-state index contributed by atoms with van der Waals surface area (Å²) in [5, 5.41) is 10.1. The predicted octanol–water partition coefficient (Wildman–Crippen LogP) is 5.68. The fraction of sp³-hybridized carbons (Fsp3) is 0.500. The highest BCUT2D eigenvalue weighted by Gasteiger charge is 2.22. The topological polar surface area (TPSA) is 91.3 Å². The van der Waals surface area contributed by atoms with Crippen molar-refractivity contribution in [1.82, 2.24) is 0 Å². The molecule has 7 nitrogen and oxygen atoms in total. The molecule has 0 heterocycles. The third-order valence-electron chi connectivity index (χ3n) is 5.52. The molecular formula is C28H38O7. The lowest BCUT2D eigenvalue weighted by atomic mass is 10.0. The molecule has 0 saturated heterocycles. The number of aromatic hydroxyl groups is 1. The van der Waals surface area contributed by atoms with Gasteiger partial charge in [-0.05, 0) is 56.9 Å². The zero-order valence-electron chi connectivity index (χ0n) is 21.5. The van der Waals surface area contributed by atoms with Crippen LogP contribution in [0.2, 0.25) is 0 Å². The summed E-state index contributed by atoms with van der Waals surface area (Å²) < 4.78 is 23.1.